The molecule has 0 aliphatic carbocycles. The van der Waals surface area contributed by atoms with Gasteiger partial charge in [-0.1, -0.05) is 0 Å². The average molecular weight is 253 g/mol. The molecule has 1 fully saturated rings. The van der Waals surface area contributed by atoms with E-state index in [-0.39, 0.29) is 17.7 Å². The molecule has 1 atom stereocenters. The summed E-state index contributed by atoms with van der Waals surface area (Å²) in [6.45, 7) is 1.06. The van der Waals surface area contributed by atoms with Gasteiger partial charge in [-0.15, -0.1) is 11.3 Å². The van der Waals surface area contributed by atoms with Crippen LogP contribution in [-0.2, 0) is 16.0 Å². The van der Waals surface area contributed by atoms with E-state index in [1.54, 1.807) is 16.8 Å². The molecule has 0 aromatic carbocycles. The number of carbonyl (C=O) groups excluding carboxylic acids is 2. The zero-order valence-corrected chi connectivity index (χ0v) is 10.3. The first-order chi connectivity index (χ1) is 8.25. The average Bonchev–Trinajstić information content (AvgIpc) is 2.83. The van der Waals surface area contributed by atoms with E-state index in [0.29, 0.717) is 25.9 Å². The number of nitrogens with zero attached hydrogens (tertiary/aromatic N) is 1. The Bertz CT molecular complexity index is 381. The van der Waals surface area contributed by atoms with Crippen molar-refractivity contribution < 1.29 is 9.59 Å². The largest absolute Gasteiger partial charge is 0.355 e. The number of hydrogen-bond acceptors (Lipinski definition) is 4. The molecule has 1 unspecified atom stereocenters. The van der Waals surface area contributed by atoms with Crippen molar-refractivity contribution in [2.75, 3.05) is 13.1 Å². The molecule has 2 heterocycles. The van der Waals surface area contributed by atoms with Crippen molar-refractivity contribution in [2.45, 2.75) is 19.3 Å². The Morgan fingerprint density at radius 1 is 1.65 bits per heavy atom. The minimum Gasteiger partial charge on any atom is -0.355 e. The van der Waals surface area contributed by atoms with E-state index in [4.69, 9.17) is 0 Å². The molecule has 2 N–H and O–H groups in total. The number of aromatic nitrogens is 1. The van der Waals surface area contributed by atoms with Gasteiger partial charge in [-0.05, 0) is 6.42 Å². The third-order valence-electron chi connectivity index (χ3n) is 2.80. The molecule has 0 radical (unpaired) electrons. The molecule has 2 rings (SSSR count). The molecule has 0 saturated carbocycles. The molecular formula is C11H15N3O2S. The van der Waals surface area contributed by atoms with Gasteiger partial charge in [0.15, 0.2) is 0 Å². The van der Waals surface area contributed by atoms with E-state index >= 15 is 0 Å². The molecule has 17 heavy (non-hydrogen) atoms. The lowest BCUT2D eigenvalue weighted by molar-refractivity contribution is -0.128. The molecule has 0 bridgehead atoms. The minimum atomic E-state index is -0.0804. The number of nitrogens with one attached hydrogen (secondary N) is 2. The summed E-state index contributed by atoms with van der Waals surface area (Å²) < 4.78 is 0. The molecule has 1 aliphatic rings. The van der Waals surface area contributed by atoms with Crippen LogP contribution in [0.25, 0.3) is 0 Å². The quantitative estimate of drug-likeness (QED) is 0.812. The van der Waals surface area contributed by atoms with Gasteiger partial charge < -0.3 is 10.6 Å². The Morgan fingerprint density at radius 3 is 3.18 bits per heavy atom. The molecule has 0 spiro atoms. The summed E-state index contributed by atoms with van der Waals surface area (Å²) in [7, 11) is 0. The van der Waals surface area contributed by atoms with Gasteiger partial charge >= 0.3 is 0 Å². The number of piperidine rings is 1. The van der Waals surface area contributed by atoms with E-state index in [1.165, 1.54) is 0 Å². The van der Waals surface area contributed by atoms with E-state index in [1.807, 2.05) is 5.38 Å². The Kier molecular flexibility index (Phi) is 4.08. The van der Waals surface area contributed by atoms with Crippen LogP contribution < -0.4 is 10.6 Å². The predicted molar refractivity (Wildman–Crippen MR) is 64.6 cm³/mol. The predicted octanol–water partition coefficient (Wildman–Crippen LogP) is 0.328. The summed E-state index contributed by atoms with van der Waals surface area (Å²) in [6, 6.07) is 0. The zero-order valence-electron chi connectivity index (χ0n) is 9.44. The monoisotopic (exact) mass is 253 g/mol. The van der Waals surface area contributed by atoms with Crippen LogP contribution in [0.2, 0.25) is 0 Å². The number of carbonyl (C=O) groups is 2. The van der Waals surface area contributed by atoms with Crippen LogP contribution in [0.4, 0.5) is 0 Å². The third kappa shape index (κ3) is 3.52. The number of thiazole rings is 1. The first kappa shape index (κ1) is 12.0. The fourth-order valence-corrected chi connectivity index (χ4v) is 2.37. The summed E-state index contributed by atoms with van der Waals surface area (Å²) in [5.74, 6) is -0.0140. The van der Waals surface area contributed by atoms with Gasteiger partial charge in [-0.2, -0.15) is 0 Å². The summed E-state index contributed by atoms with van der Waals surface area (Å²) in [6.07, 6.45) is 1.85. The van der Waals surface area contributed by atoms with Crippen molar-refractivity contribution in [3.8, 4) is 0 Å². The topological polar surface area (TPSA) is 71.1 Å². The fourth-order valence-electron chi connectivity index (χ4n) is 1.78. The Morgan fingerprint density at radius 2 is 2.53 bits per heavy atom. The van der Waals surface area contributed by atoms with E-state index in [0.717, 1.165) is 12.1 Å². The summed E-state index contributed by atoms with van der Waals surface area (Å²) in [5.41, 5.74) is 2.79. The first-order valence-electron chi connectivity index (χ1n) is 5.67. The van der Waals surface area contributed by atoms with Gasteiger partial charge in [0.1, 0.15) is 0 Å². The highest BCUT2D eigenvalue weighted by molar-refractivity contribution is 7.07. The second-order valence-corrected chi connectivity index (χ2v) is 4.78. The minimum absolute atomic E-state index is 0.0280. The Balaban J connectivity index is 1.68. The summed E-state index contributed by atoms with van der Waals surface area (Å²) >= 11 is 1.56. The first-order valence-corrected chi connectivity index (χ1v) is 6.61. The van der Waals surface area contributed by atoms with Crippen LogP contribution in [0.5, 0.6) is 0 Å². The van der Waals surface area contributed by atoms with Crippen LogP contribution in [0, 0.1) is 5.92 Å². The molecule has 1 aromatic heterocycles. The van der Waals surface area contributed by atoms with Gasteiger partial charge in [0.25, 0.3) is 0 Å². The molecule has 5 nitrogen and oxygen atoms in total. The maximum atomic E-state index is 11.8. The second-order valence-electron chi connectivity index (χ2n) is 4.06. The van der Waals surface area contributed by atoms with Gasteiger partial charge in [-0.3, -0.25) is 9.59 Å². The van der Waals surface area contributed by atoms with Crippen molar-refractivity contribution in [1.29, 1.82) is 0 Å². The Labute approximate surface area is 104 Å². The summed E-state index contributed by atoms with van der Waals surface area (Å²) in [5, 5.41) is 7.57. The highest BCUT2D eigenvalue weighted by Crippen LogP contribution is 2.10. The summed E-state index contributed by atoms with van der Waals surface area (Å²) in [4.78, 5) is 26.8. The lowest BCUT2D eigenvalue weighted by Gasteiger charge is -2.21. The third-order valence-corrected chi connectivity index (χ3v) is 3.44. The molecule has 2 amide bonds. The molecular weight excluding hydrogens is 238 g/mol. The normalized spacial score (nSPS) is 19.8. The van der Waals surface area contributed by atoms with Gasteiger partial charge in [0.05, 0.1) is 17.1 Å². The van der Waals surface area contributed by atoms with Crippen LogP contribution >= 0.6 is 11.3 Å². The Hall–Kier alpha value is -1.43. The lowest BCUT2D eigenvalue weighted by Crippen LogP contribution is -2.43. The van der Waals surface area contributed by atoms with Crippen LogP contribution in [0.1, 0.15) is 18.5 Å². The van der Waals surface area contributed by atoms with Gasteiger partial charge in [0.2, 0.25) is 11.8 Å². The molecule has 1 saturated heterocycles. The second kappa shape index (κ2) is 5.77. The van der Waals surface area contributed by atoms with Crippen molar-refractivity contribution in [2.24, 2.45) is 5.92 Å². The molecule has 1 aromatic rings. The highest BCUT2D eigenvalue weighted by atomic mass is 32.1. The fraction of sp³-hybridized carbons (Fsp3) is 0.545. The number of amides is 2. The van der Waals surface area contributed by atoms with E-state index < -0.39 is 0 Å². The SMILES string of the molecule is O=C1CCC(C(=O)NCCc2cscn2)CN1. The zero-order chi connectivity index (χ0) is 12.1. The van der Waals surface area contributed by atoms with Crippen molar-refractivity contribution in [3.05, 3.63) is 16.6 Å². The highest BCUT2D eigenvalue weighted by Gasteiger charge is 2.23. The molecule has 1 aliphatic heterocycles. The maximum Gasteiger partial charge on any atom is 0.224 e. The van der Waals surface area contributed by atoms with Crippen LogP contribution in [0.3, 0.4) is 0 Å². The van der Waals surface area contributed by atoms with E-state index in [2.05, 4.69) is 15.6 Å². The molecule has 6 heteroatoms. The van der Waals surface area contributed by atoms with E-state index in [9.17, 15) is 9.59 Å². The van der Waals surface area contributed by atoms with Gasteiger partial charge in [0, 0.05) is 31.3 Å². The van der Waals surface area contributed by atoms with Crippen molar-refractivity contribution in [3.63, 3.8) is 0 Å². The molecule has 92 valence electrons. The van der Waals surface area contributed by atoms with Crippen molar-refractivity contribution in [1.82, 2.24) is 15.6 Å². The van der Waals surface area contributed by atoms with Crippen molar-refractivity contribution >= 4 is 23.2 Å². The number of rotatable bonds is 4. The van der Waals surface area contributed by atoms with Crippen LogP contribution in [-0.4, -0.2) is 29.9 Å². The number of hydrogen-bond donors (Lipinski definition) is 2. The smallest absolute Gasteiger partial charge is 0.224 e. The standard InChI is InChI=1S/C11H15N3O2S/c15-10-2-1-8(5-13-10)11(16)12-4-3-9-6-17-7-14-9/h6-8H,1-5H2,(H,12,16)(H,13,15). The van der Waals surface area contributed by atoms with Gasteiger partial charge in [-0.25, -0.2) is 4.98 Å². The lowest BCUT2D eigenvalue weighted by atomic mass is 9.98. The van der Waals surface area contributed by atoms with Crippen LogP contribution in [0.15, 0.2) is 10.9 Å². The maximum absolute atomic E-state index is 11.8.